The van der Waals surface area contributed by atoms with Gasteiger partial charge >= 0.3 is 0 Å². The number of phenolic OH excluding ortho intramolecular Hbond substituents is 1. The number of anilines is 2. The summed E-state index contributed by atoms with van der Waals surface area (Å²) in [4.78, 5) is 59.7. The molecule has 0 spiro atoms. The van der Waals surface area contributed by atoms with Crippen LogP contribution < -0.4 is 14.5 Å². The van der Waals surface area contributed by atoms with Crippen molar-refractivity contribution in [1.29, 1.82) is 0 Å². The second-order valence-corrected chi connectivity index (χ2v) is 14.9. The maximum Gasteiger partial charge on any atom is 0.241 e. The summed E-state index contributed by atoms with van der Waals surface area (Å²) in [6.07, 6.45) is 3.18. The SMILES string of the molecule is CCc1ccc(N2C(=O)[C@H]3[C@H](CC=C4[C@H]3C[C@H]3C(=O)N(c5ccc(F)c(Cl)c5)C(=O)[C@@]3(C)[C@H]4c3cc(OC)c(O)c(Br)c3Br)C2=O)cc1. The lowest BCUT2D eigenvalue weighted by Gasteiger charge is -2.49. The van der Waals surface area contributed by atoms with Gasteiger partial charge in [0.2, 0.25) is 23.6 Å². The van der Waals surface area contributed by atoms with Gasteiger partial charge in [-0.2, -0.15) is 0 Å². The average molecular weight is 801 g/mol. The second-order valence-electron chi connectivity index (χ2n) is 12.9. The molecule has 0 radical (unpaired) electrons. The summed E-state index contributed by atoms with van der Waals surface area (Å²) in [5.41, 5.74) is 1.65. The Bertz CT molecular complexity index is 1970. The average Bonchev–Trinajstić information content (AvgIpc) is 3.45. The summed E-state index contributed by atoms with van der Waals surface area (Å²) < 4.78 is 20.4. The molecule has 0 bridgehead atoms. The summed E-state index contributed by atoms with van der Waals surface area (Å²) in [6, 6.07) is 12.7. The summed E-state index contributed by atoms with van der Waals surface area (Å²) in [7, 11) is 1.41. The fraction of sp³-hybridized carbons (Fsp3) is 0.333. The number of hydrogen-bond donors (Lipinski definition) is 1. The first-order chi connectivity index (χ1) is 22.8. The Balaban J connectivity index is 1.40. The zero-order valence-electron chi connectivity index (χ0n) is 26.1. The molecular weight excluding hydrogens is 771 g/mol. The monoisotopic (exact) mass is 798 g/mol. The van der Waals surface area contributed by atoms with E-state index in [0.29, 0.717) is 20.2 Å². The minimum absolute atomic E-state index is 0.137. The number of allylic oxidation sites excluding steroid dienone is 2. The molecule has 1 saturated carbocycles. The van der Waals surface area contributed by atoms with Crippen LogP contribution in [0.2, 0.25) is 5.02 Å². The van der Waals surface area contributed by atoms with Gasteiger partial charge in [-0.05, 0) is 111 Å². The van der Waals surface area contributed by atoms with Gasteiger partial charge in [-0.15, -0.1) is 0 Å². The Morgan fingerprint density at radius 1 is 0.958 bits per heavy atom. The van der Waals surface area contributed by atoms with Gasteiger partial charge in [0.15, 0.2) is 11.5 Å². The number of phenols is 1. The van der Waals surface area contributed by atoms with Gasteiger partial charge in [-0.3, -0.25) is 24.1 Å². The Morgan fingerprint density at radius 3 is 2.29 bits per heavy atom. The molecule has 2 aliphatic carbocycles. The number of nitrogens with zero attached hydrogens (tertiary/aromatic N) is 2. The lowest BCUT2D eigenvalue weighted by Crippen LogP contribution is -2.49. The lowest BCUT2D eigenvalue weighted by atomic mass is 9.51. The molecule has 48 heavy (non-hydrogen) atoms. The first kappa shape index (κ1) is 33.0. The number of carbonyl (C=O) groups excluding carboxylic acids is 4. The number of ether oxygens (including phenoxy) is 1. The van der Waals surface area contributed by atoms with Gasteiger partial charge in [-0.1, -0.05) is 42.3 Å². The minimum atomic E-state index is -1.38. The van der Waals surface area contributed by atoms with E-state index in [9.17, 15) is 28.7 Å². The van der Waals surface area contributed by atoms with Crippen LogP contribution in [0.15, 0.2) is 69.1 Å². The molecule has 1 N–H and O–H groups in total. The van der Waals surface area contributed by atoms with Crippen LogP contribution in [0.4, 0.5) is 15.8 Å². The highest BCUT2D eigenvalue weighted by molar-refractivity contribution is 9.13. The number of halogens is 4. The molecule has 0 aromatic heterocycles. The van der Waals surface area contributed by atoms with Gasteiger partial charge in [-0.25, -0.2) is 9.29 Å². The van der Waals surface area contributed by atoms with Crippen molar-refractivity contribution >= 4 is 78.5 Å². The lowest BCUT2D eigenvalue weighted by molar-refractivity contribution is -0.131. The number of carbonyl (C=O) groups is 4. The second kappa shape index (κ2) is 11.8. The number of aromatic hydroxyl groups is 1. The predicted molar refractivity (Wildman–Crippen MR) is 184 cm³/mol. The zero-order valence-corrected chi connectivity index (χ0v) is 30.0. The van der Waals surface area contributed by atoms with E-state index in [1.165, 1.54) is 24.1 Å². The van der Waals surface area contributed by atoms with Crippen LogP contribution in [0.3, 0.4) is 0 Å². The highest BCUT2D eigenvalue weighted by atomic mass is 79.9. The highest BCUT2D eigenvalue weighted by Crippen LogP contribution is 2.65. The number of amides is 4. The molecule has 7 rings (SSSR count). The van der Waals surface area contributed by atoms with Crippen molar-refractivity contribution in [1.82, 2.24) is 0 Å². The fourth-order valence-corrected chi connectivity index (χ4v) is 9.47. The van der Waals surface area contributed by atoms with Crippen molar-refractivity contribution in [3.05, 3.63) is 91.1 Å². The van der Waals surface area contributed by atoms with Crippen LogP contribution in [0.1, 0.15) is 43.7 Å². The van der Waals surface area contributed by atoms with E-state index >= 15 is 0 Å². The molecular formula is C36H30Br2ClFN2O6. The van der Waals surface area contributed by atoms with Gasteiger partial charge in [0.25, 0.3) is 0 Å². The van der Waals surface area contributed by atoms with Crippen molar-refractivity contribution in [3.8, 4) is 11.5 Å². The number of imide groups is 2. The molecule has 2 saturated heterocycles. The molecule has 3 aromatic carbocycles. The van der Waals surface area contributed by atoms with Crippen LogP contribution in [0.5, 0.6) is 11.5 Å². The third-order valence-electron chi connectivity index (χ3n) is 10.7. The van der Waals surface area contributed by atoms with Crippen molar-refractivity contribution in [3.63, 3.8) is 0 Å². The molecule has 2 heterocycles. The Hall–Kier alpha value is -3.54. The van der Waals surface area contributed by atoms with E-state index in [1.807, 2.05) is 25.1 Å². The maximum absolute atomic E-state index is 14.7. The molecule has 8 nitrogen and oxygen atoms in total. The third kappa shape index (κ3) is 4.56. The van der Waals surface area contributed by atoms with E-state index in [2.05, 4.69) is 31.9 Å². The van der Waals surface area contributed by atoms with E-state index in [0.717, 1.165) is 28.5 Å². The summed E-state index contributed by atoms with van der Waals surface area (Å²) in [6.45, 7) is 3.76. The summed E-state index contributed by atoms with van der Waals surface area (Å²) in [5, 5.41) is 10.6. The Kier molecular flexibility index (Phi) is 8.11. The van der Waals surface area contributed by atoms with E-state index in [1.54, 1.807) is 25.1 Å². The molecule has 0 unspecified atom stereocenters. The van der Waals surface area contributed by atoms with Crippen LogP contribution in [0, 0.1) is 34.9 Å². The molecule has 6 atom stereocenters. The van der Waals surface area contributed by atoms with Crippen molar-refractivity contribution in [2.24, 2.45) is 29.1 Å². The van der Waals surface area contributed by atoms with E-state index in [-0.39, 0.29) is 46.9 Å². The van der Waals surface area contributed by atoms with Crippen molar-refractivity contribution in [2.45, 2.75) is 39.0 Å². The molecule has 4 amide bonds. The van der Waals surface area contributed by atoms with Gasteiger partial charge in [0.1, 0.15) is 5.82 Å². The quantitative estimate of drug-likeness (QED) is 0.210. The molecule has 2 aliphatic heterocycles. The van der Waals surface area contributed by atoms with Crippen LogP contribution in [0.25, 0.3) is 0 Å². The standard InChI is InChI=1S/C36H30Br2ClFN2O6/c1-4-16-5-7-17(8-6-16)41-32(44)20-11-10-19-21(27(20)34(41)46)14-23-33(45)42(18-9-12-25(40)24(39)13-18)35(47)36(23,2)28(19)22-15-26(48-3)31(43)30(38)29(22)37/h5-10,12-13,15,20-21,23,27-28,43H,4,11,14H2,1-3H3/t20-,21+,23-,27-,28+,36+/m0/s1. The first-order valence-corrected chi connectivity index (χ1v) is 17.6. The molecule has 4 aliphatic rings. The summed E-state index contributed by atoms with van der Waals surface area (Å²) in [5.74, 6) is -5.97. The van der Waals surface area contributed by atoms with E-state index < -0.39 is 52.6 Å². The Labute approximate surface area is 298 Å². The fourth-order valence-electron chi connectivity index (χ4n) is 8.34. The number of methoxy groups -OCH3 is 1. The number of aryl methyl sites for hydroxylation is 1. The molecule has 248 valence electrons. The normalized spacial score (nSPS) is 28.0. The maximum atomic E-state index is 14.7. The smallest absolute Gasteiger partial charge is 0.241 e. The third-order valence-corrected chi connectivity index (χ3v) is 13.2. The molecule has 12 heteroatoms. The van der Waals surface area contributed by atoms with Crippen LogP contribution in [-0.4, -0.2) is 35.8 Å². The van der Waals surface area contributed by atoms with Crippen molar-refractivity contribution in [2.75, 3.05) is 16.9 Å². The number of hydrogen-bond acceptors (Lipinski definition) is 6. The Morgan fingerprint density at radius 2 is 1.65 bits per heavy atom. The zero-order chi connectivity index (χ0) is 34.4. The van der Waals surface area contributed by atoms with Gasteiger partial charge in [0, 0.05) is 10.4 Å². The highest BCUT2D eigenvalue weighted by Gasteiger charge is 2.68. The summed E-state index contributed by atoms with van der Waals surface area (Å²) >= 11 is 13.2. The predicted octanol–water partition coefficient (Wildman–Crippen LogP) is 7.72. The first-order valence-electron chi connectivity index (χ1n) is 15.6. The largest absolute Gasteiger partial charge is 0.503 e. The van der Waals surface area contributed by atoms with Crippen molar-refractivity contribution < 1.29 is 33.4 Å². The minimum Gasteiger partial charge on any atom is -0.503 e. The number of rotatable bonds is 5. The molecule has 3 aromatic rings. The van der Waals surface area contributed by atoms with Gasteiger partial charge < -0.3 is 9.84 Å². The van der Waals surface area contributed by atoms with E-state index in [4.69, 9.17) is 16.3 Å². The van der Waals surface area contributed by atoms with Crippen LogP contribution in [-0.2, 0) is 25.6 Å². The molecule has 3 fully saturated rings. The topological polar surface area (TPSA) is 104 Å². The van der Waals surface area contributed by atoms with Crippen LogP contribution >= 0.6 is 43.5 Å². The number of fused-ring (bicyclic) bond motifs is 4. The van der Waals surface area contributed by atoms with Gasteiger partial charge in [0.05, 0.1) is 51.1 Å². The number of benzene rings is 3.